The molecule has 1 aliphatic heterocycles. The van der Waals surface area contributed by atoms with Crippen LogP contribution >= 0.6 is 0 Å². The van der Waals surface area contributed by atoms with E-state index in [9.17, 15) is 5.26 Å². The highest BCUT2D eigenvalue weighted by Gasteiger charge is 2.38. The van der Waals surface area contributed by atoms with Crippen LogP contribution in [-0.4, -0.2) is 24.0 Å². The normalized spacial score (nSPS) is 35.1. The Bertz CT molecular complexity index is 304. The van der Waals surface area contributed by atoms with Gasteiger partial charge in [0.25, 0.3) is 0 Å². The van der Waals surface area contributed by atoms with Crippen LogP contribution in [-0.2, 0) is 0 Å². The number of nitrogens with zero attached hydrogens (tertiary/aromatic N) is 2. The molecule has 2 fully saturated rings. The highest BCUT2D eigenvalue weighted by Crippen LogP contribution is 2.41. The molecule has 0 radical (unpaired) electrons. The van der Waals surface area contributed by atoms with E-state index in [-0.39, 0.29) is 5.92 Å². The SMILES string of the molecule is CC(C)(C)C1CCC(C#N)C(N2CCCCC2)C1. The van der Waals surface area contributed by atoms with Crippen LogP contribution in [0, 0.1) is 28.6 Å². The Balaban J connectivity index is 2.05. The van der Waals surface area contributed by atoms with Crippen molar-refractivity contribution in [1.82, 2.24) is 4.90 Å². The summed E-state index contributed by atoms with van der Waals surface area (Å²) in [6.45, 7) is 9.52. The third-order valence-electron chi connectivity index (χ3n) is 5.07. The average Bonchev–Trinajstić information content (AvgIpc) is 2.38. The molecule has 0 aromatic carbocycles. The van der Waals surface area contributed by atoms with Gasteiger partial charge < -0.3 is 0 Å². The summed E-state index contributed by atoms with van der Waals surface area (Å²) in [5.41, 5.74) is 0.397. The first-order valence-corrected chi connectivity index (χ1v) is 7.66. The lowest BCUT2D eigenvalue weighted by molar-refractivity contribution is 0.0493. The lowest BCUT2D eigenvalue weighted by atomic mass is 9.67. The molecule has 102 valence electrons. The second-order valence-electron chi connectivity index (χ2n) is 7.28. The van der Waals surface area contributed by atoms with Crippen LogP contribution in [0.4, 0.5) is 0 Å². The first-order chi connectivity index (χ1) is 8.52. The van der Waals surface area contributed by atoms with Crippen molar-refractivity contribution in [3.63, 3.8) is 0 Å². The molecular weight excluding hydrogens is 220 g/mol. The Labute approximate surface area is 112 Å². The predicted molar refractivity (Wildman–Crippen MR) is 75.1 cm³/mol. The first-order valence-electron chi connectivity index (χ1n) is 7.66. The van der Waals surface area contributed by atoms with E-state index in [0.29, 0.717) is 11.5 Å². The Kier molecular flexibility index (Phi) is 4.33. The molecule has 1 saturated carbocycles. The molecule has 2 rings (SSSR count). The topological polar surface area (TPSA) is 27.0 Å². The molecule has 1 aliphatic carbocycles. The van der Waals surface area contributed by atoms with E-state index in [1.165, 1.54) is 45.2 Å². The Morgan fingerprint density at radius 1 is 1.06 bits per heavy atom. The van der Waals surface area contributed by atoms with Crippen LogP contribution in [0.1, 0.15) is 59.3 Å². The van der Waals surface area contributed by atoms with Gasteiger partial charge in [0.15, 0.2) is 0 Å². The predicted octanol–water partition coefficient (Wildman–Crippen LogP) is 3.83. The minimum atomic E-state index is 0.279. The van der Waals surface area contributed by atoms with Gasteiger partial charge in [0.1, 0.15) is 0 Å². The van der Waals surface area contributed by atoms with Crippen molar-refractivity contribution < 1.29 is 0 Å². The van der Waals surface area contributed by atoms with Crippen LogP contribution < -0.4 is 0 Å². The first kappa shape index (κ1) is 13.9. The van der Waals surface area contributed by atoms with E-state index in [1.54, 1.807) is 0 Å². The van der Waals surface area contributed by atoms with E-state index in [0.717, 1.165) is 12.3 Å². The van der Waals surface area contributed by atoms with Gasteiger partial charge in [0.05, 0.1) is 12.0 Å². The number of likely N-dealkylation sites (tertiary alicyclic amines) is 1. The molecule has 3 atom stereocenters. The van der Waals surface area contributed by atoms with Gasteiger partial charge >= 0.3 is 0 Å². The fourth-order valence-corrected chi connectivity index (χ4v) is 3.74. The monoisotopic (exact) mass is 248 g/mol. The number of nitriles is 1. The maximum atomic E-state index is 9.40. The Hall–Kier alpha value is -0.550. The minimum absolute atomic E-state index is 0.279. The van der Waals surface area contributed by atoms with Crippen LogP contribution in [0.2, 0.25) is 0 Å². The van der Waals surface area contributed by atoms with Gasteiger partial charge in [-0.2, -0.15) is 5.26 Å². The van der Waals surface area contributed by atoms with Crippen LogP contribution in [0.25, 0.3) is 0 Å². The van der Waals surface area contributed by atoms with Crippen LogP contribution in [0.3, 0.4) is 0 Å². The van der Waals surface area contributed by atoms with E-state index < -0.39 is 0 Å². The maximum absolute atomic E-state index is 9.40. The summed E-state index contributed by atoms with van der Waals surface area (Å²) >= 11 is 0. The number of hydrogen-bond acceptors (Lipinski definition) is 2. The molecule has 1 saturated heterocycles. The summed E-state index contributed by atoms with van der Waals surface area (Å²) < 4.78 is 0. The summed E-state index contributed by atoms with van der Waals surface area (Å²) in [5.74, 6) is 1.07. The third kappa shape index (κ3) is 3.06. The zero-order chi connectivity index (χ0) is 13.2. The summed E-state index contributed by atoms with van der Waals surface area (Å²) in [6, 6.07) is 3.12. The molecule has 0 spiro atoms. The summed E-state index contributed by atoms with van der Waals surface area (Å²) in [6.07, 6.45) is 7.63. The molecule has 0 N–H and O–H groups in total. The highest BCUT2D eigenvalue weighted by atomic mass is 15.2. The molecule has 0 aromatic rings. The van der Waals surface area contributed by atoms with Crippen molar-refractivity contribution in [2.75, 3.05) is 13.1 Å². The largest absolute Gasteiger partial charge is 0.299 e. The zero-order valence-electron chi connectivity index (χ0n) is 12.3. The molecule has 2 nitrogen and oxygen atoms in total. The van der Waals surface area contributed by atoms with Gasteiger partial charge in [-0.1, -0.05) is 27.2 Å². The van der Waals surface area contributed by atoms with Crippen LogP contribution in [0.15, 0.2) is 0 Å². The second kappa shape index (κ2) is 5.61. The van der Waals surface area contributed by atoms with Crippen LogP contribution in [0.5, 0.6) is 0 Å². The lowest BCUT2D eigenvalue weighted by Crippen LogP contribution is -2.48. The fourth-order valence-electron chi connectivity index (χ4n) is 3.74. The minimum Gasteiger partial charge on any atom is -0.299 e. The molecule has 2 heteroatoms. The number of piperidine rings is 1. The van der Waals surface area contributed by atoms with Crippen molar-refractivity contribution in [2.45, 2.75) is 65.3 Å². The summed E-state index contributed by atoms with van der Waals surface area (Å²) in [7, 11) is 0. The molecular formula is C16H28N2. The second-order valence-corrected chi connectivity index (χ2v) is 7.28. The lowest BCUT2D eigenvalue weighted by Gasteiger charge is -2.45. The van der Waals surface area contributed by atoms with Crippen molar-refractivity contribution in [3.05, 3.63) is 0 Å². The van der Waals surface area contributed by atoms with Gasteiger partial charge in [0.2, 0.25) is 0 Å². The van der Waals surface area contributed by atoms with Crippen molar-refractivity contribution in [3.8, 4) is 6.07 Å². The maximum Gasteiger partial charge on any atom is 0.0672 e. The van der Waals surface area contributed by atoms with E-state index in [1.807, 2.05) is 0 Å². The molecule has 18 heavy (non-hydrogen) atoms. The van der Waals surface area contributed by atoms with Crippen molar-refractivity contribution in [1.29, 1.82) is 5.26 Å². The zero-order valence-corrected chi connectivity index (χ0v) is 12.3. The third-order valence-corrected chi connectivity index (χ3v) is 5.07. The molecule has 2 aliphatic rings. The smallest absolute Gasteiger partial charge is 0.0672 e. The molecule has 3 unspecified atom stereocenters. The van der Waals surface area contributed by atoms with E-state index >= 15 is 0 Å². The number of rotatable bonds is 1. The van der Waals surface area contributed by atoms with E-state index in [4.69, 9.17) is 0 Å². The summed E-state index contributed by atoms with van der Waals surface area (Å²) in [4.78, 5) is 2.62. The average molecular weight is 248 g/mol. The highest BCUT2D eigenvalue weighted by molar-refractivity contribution is 4.99. The van der Waals surface area contributed by atoms with Gasteiger partial charge in [-0.15, -0.1) is 0 Å². The Morgan fingerprint density at radius 2 is 1.72 bits per heavy atom. The van der Waals surface area contributed by atoms with Gasteiger partial charge in [-0.25, -0.2) is 0 Å². The Morgan fingerprint density at radius 3 is 2.28 bits per heavy atom. The van der Waals surface area contributed by atoms with Gasteiger partial charge in [-0.05, 0) is 56.5 Å². The van der Waals surface area contributed by atoms with Crippen molar-refractivity contribution in [2.24, 2.45) is 17.3 Å². The molecule has 0 bridgehead atoms. The quantitative estimate of drug-likeness (QED) is 0.705. The fraction of sp³-hybridized carbons (Fsp3) is 0.938. The van der Waals surface area contributed by atoms with Gasteiger partial charge in [0, 0.05) is 6.04 Å². The van der Waals surface area contributed by atoms with Gasteiger partial charge in [-0.3, -0.25) is 4.90 Å². The molecule has 0 aromatic heterocycles. The number of hydrogen-bond donors (Lipinski definition) is 0. The van der Waals surface area contributed by atoms with Crippen molar-refractivity contribution >= 4 is 0 Å². The molecule has 0 amide bonds. The standard InChI is InChI=1S/C16H28N2/c1-16(2,3)14-8-7-13(12-17)15(11-14)18-9-5-4-6-10-18/h13-15H,4-11H2,1-3H3. The molecule has 1 heterocycles. The van der Waals surface area contributed by atoms with E-state index in [2.05, 4.69) is 31.7 Å². The summed E-state index contributed by atoms with van der Waals surface area (Å²) in [5, 5.41) is 9.40.